The molecule has 1 saturated heterocycles. The third-order valence-electron chi connectivity index (χ3n) is 4.07. The summed E-state index contributed by atoms with van der Waals surface area (Å²) < 4.78 is 0. The predicted molar refractivity (Wildman–Crippen MR) is 70.8 cm³/mol. The third kappa shape index (κ3) is 4.27. The lowest BCUT2D eigenvalue weighted by Crippen LogP contribution is -2.45. The van der Waals surface area contributed by atoms with Crippen LogP contribution in [0.1, 0.15) is 26.2 Å². The van der Waals surface area contributed by atoms with E-state index in [9.17, 15) is 0 Å². The predicted octanol–water partition coefficient (Wildman–Crippen LogP) is 0.904. The maximum Gasteiger partial charge on any atom is 0.104 e. The van der Waals surface area contributed by atoms with Crippen LogP contribution in [0.5, 0.6) is 0 Å². The standard InChI is InChI=1S/C13H26N4/c1-13(11-14,15-2)7-10-17(4)12-5-8-16(3)9-6-12/h12,15H,5-10H2,1-4H3. The fourth-order valence-electron chi connectivity index (χ4n) is 2.26. The molecule has 1 unspecified atom stereocenters. The molecule has 1 atom stereocenters. The van der Waals surface area contributed by atoms with Crippen LogP contribution in [0.25, 0.3) is 0 Å². The topological polar surface area (TPSA) is 42.3 Å². The maximum absolute atomic E-state index is 9.11. The summed E-state index contributed by atoms with van der Waals surface area (Å²) >= 11 is 0. The average Bonchev–Trinajstić information content (AvgIpc) is 2.36. The molecule has 0 spiro atoms. The highest BCUT2D eigenvalue weighted by atomic mass is 15.2. The van der Waals surface area contributed by atoms with Gasteiger partial charge in [0.25, 0.3) is 0 Å². The number of hydrogen-bond donors (Lipinski definition) is 1. The molecule has 4 heteroatoms. The average molecular weight is 238 g/mol. The number of likely N-dealkylation sites (tertiary alicyclic amines) is 1. The molecule has 1 fully saturated rings. The highest BCUT2D eigenvalue weighted by Gasteiger charge is 2.25. The van der Waals surface area contributed by atoms with Gasteiger partial charge in [0, 0.05) is 12.6 Å². The van der Waals surface area contributed by atoms with E-state index < -0.39 is 0 Å². The minimum absolute atomic E-state index is 0.389. The first-order valence-electron chi connectivity index (χ1n) is 6.49. The zero-order valence-corrected chi connectivity index (χ0v) is 11.7. The van der Waals surface area contributed by atoms with E-state index in [1.165, 1.54) is 25.9 Å². The van der Waals surface area contributed by atoms with Crippen molar-refractivity contribution in [1.29, 1.82) is 5.26 Å². The summed E-state index contributed by atoms with van der Waals surface area (Å²) in [6, 6.07) is 3.03. The zero-order chi connectivity index (χ0) is 12.9. The number of nitrogens with one attached hydrogen (secondary N) is 1. The van der Waals surface area contributed by atoms with Gasteiger partial charge in [-0.25, -0.2) is 0 Å². The molecule has 98 valence electrons. The molecule has 0 bridgehead atoms. The molecule has 0 radical (unpaired) electrons. The van der Waals surface area contributed by atoms with Crippen LogP contribution in [0.15, 0.2) is 0 Å². The molecular formula is C13H26N4. The summed E-state index contributed by atoms with van der Waals surface area (Å²) in [6.45, 7) is 5.34. The van der Waals surface area contributed by atoms with Crippen LogP contribution in [0.3, 0.4) is 0 Å². The Hall–Kier alpha value is -0.630. The Labute approximate surface area is 106 Å². The first kappa shape index (κ1) is 14.4. The van der Waals surface area contributed by atoms with Crippen molar-refractivity contribution in [3.05, 3.63) is 0 Å². The summed E-state index contributed by atoms with van der Waals surface area (Å²) in [5.74, 6) is 0. The van der Waals surface area contributed by atoms with Gasteiger partial charge in [-0.1, -0.05) is 0 Å². The molecule has 17 heavy (non-hydrogen) atoms. The van der Waals surface area contributed by atoms with Crippen molar-refractivity contribution < 1.29 is 0 Å². The molecular weight excluding hydrogens is 212 g/mol. The second-order valence-corrected chi connectivity index (χ2v) is 5.46. The van der Waals surface area contributed by atoms with Gasteiger partial charge in [0.15, 0.2) is 0 Å². The number of rotatable bonds is 5. The summed E-state index contributed by atoms with van der Waals surface area (Å²) in [4.78, 5) is 4.80. The summed E-state index contributed by atoms with van der Waals surface area (Å²) in [5, 5.41) is 12.2. The van der Waals surface area contributed by atoms with Crippen LogP contribution < -0.4 is 5.32 Å². The van der Waals surface area contributed by atoms with Crippen LogP contribution in [0.2, 0.25) is 0 Å². The van der Waals surface area contributed by atoms with E-state index in [2.05, 4.69) is 35.3 Å². The molecule has 0 amide bonds. The Morgan fingerprint density at radius 1 is 1.47 bits per heavy atom. The van der Waals surface area contributed by atoms with Crippen molar-refractivity contribution in [2.45, 2.75) is 37.8 Å². The van der Waals surface area contributed by atoms with Crippen molar-refractivity contribution in [3.8, 4) is 6.07 Å². The van der Waals surface area contributed by atoms with E-state index in [4.69, 9.17) is 5.26 Å². The number of nitrogens with zero attached hydrogens (tertiary/aromatic N) is 3. The Balaban J connectivity index is 2.35. The summed E-state index contributed by atoms with van der Waals surface area (Å²) in [5.41, 5.74) is -0.389. The first-order valence-corrected chi connectivity index (χ1v) is 6.49. The molecule has 0 aliphatic carbocycles. The molecule has 1 heterocycles. The molecule has 1 aliphatic heterocycles. The van der Waals surface area contributed by atoms with E-state index >= 15 is 0 Å². The van der Waals surface area contributed by atoms with Crippen LogP contribution in [-0.4, -0.2) is 62.2 Å². The van der Waals surface area contributed by atoms with Crippen molar-refractivity contribution in [2.24, 2.45) is 0 Å². The fourth-order valence-corrected chi connectivity index (χ4v) is 2.26. The SMILES string of the molecule is CNC(C)(C#N)CCN(C)C1CCN(C)CC1. The highest BCUT2D eigenvalue weighted by Crippen LogP contribution is 2.16. The van der Waals surface area contributed by atoms with Crippen LogP contribution in [0, 0.1) is 11.3 Å². The van der Waals surface area contributed by atoms with Crippen LogP contribution in [0.4, 0.5) is 0 Å². The fraction of sp³-hybridized carbons (Fsp3) is 0.923. The lowest BCUT2D eigenvalue weighted by Gasteiger charge is -2.36. The Kier molecular flexibility index (Phi) is 5.38. The minimum atomic E-state index is -0.389. The Bertz CT molecular complexity index is 265. The summed E-state index contributed by atoms with van der Waals surface area (Å²) in [6.07, 6.45) is 3.37. The second-order valence-electron chi connectivity index (χ2n) is 5.46. The number of hydrogen-bond acceptors (Lipinski definition) is 4. The molecule has 0 aromatic heterocycles. The number of piperidine rings is 1. The summed E-state index contributed by atoms with van der Waals surface area (Å²) in [7, 11) is 6.23. The smallest absolute Gasteiger partial charge is 0.104 e. The van der Waals surface area contributed by atoms with Crippen molar-refractivity contribution >= 4 is 0 Å². The quantitative estimate of drug-likeness (QED) is 0.773. The van der Waals surface area contributed by atoms with E-state index in [1.807, 2.05) is 14.0 Å². The van der Waals surface area contributed by atoms with Crippen molar-refractivity contribution in [2.75, 3.05) is 40.8 Å². The van der Waals surface area contributed by atoms with E-state index in [0.717, 1.165) is 13.0 Å². The lowest BCUT2D eigenvalue weighted by atomic mass is 9.98. The zero-order valence-electron chi connectivity index (χ0n) is 11.7. The minimum Gasteiger partial charge on any atom is -0.306 e. The van der Waals surface area contributed by atoms with E-state index in [0.29, 0.717) is 6.04 Å². The first-order chi connectivity index (χ1) is 8.00. The monoisotopic (exact) mass is 238 g/mol. The number of nitriles is 1. The molecule has 1 aliphatic rings. The van der Waals surface area contributed by atoms with Crippen molar-refractivity contribution in [3.63, 3.8) is 0 Å². The van der Waals surface area contributed by atoms with E-state index in [-0.39, 0.29) is 5.54 Å². The normalized spacial score (nSPS) is 22.4. The third-order valence-corrected chi connectivity index (χ3v) is 4.07. The largest absolute Gasteiger partial charge is 0.306 e. The Morgan fingerprint density at radius 2 is 2.06 bits per heavy atom. The Morgan fingerprint density at radius 3 is 2.53 bits per heavy atom. The van der Waals surface area contributed by atoms with Gasteiger partial charge in [-0.2, -0.15) is 5.26 Å². The van der Waals surface area contributed by atoms with Crippen molar-refractivity contribution in [1.82, 2.24) is 15.1 Å². The van der Waals surface area contributed by atoms with E-state index in [1.54, 1.807) is 0 Å². The molecule has 4 nitrogen and oxygen atoms in total. The lowest BCUT2D eigenvalue weighted by molar-refractivity contribution is 0.138. The molecule has 0 aromatic carbocycles. The maximum atomic E-state index is 9.11. The highest BCUT2D eigenvalue weighted by molar-refractivity contribution is 5.03. The van der Waals surface area contributed by atoms with Crippen LogP contribution >= 0.6 is 0 Å². The van der Waals surface area contributed by atoms with Gasteiger partial charge in [0.2, 0.25) is 0 Å². The second kappa shape index (κ2) is 6.34. The molecule has 1 N–H and O–H groups in total. The van der Waals surface area contributed by atoms with Gasteiger partial charge in [-0.05, 0) is 60.4 Å². The van der Waals surface area contributed by atoms with Crippen LogP contribution in [-0.2, 0) is 0 Å². The molecule has 0 aromatic rings. The van der Waals surface area contributed by atoms with Gasteiger partial charge in [0.1, 0.15) is 5.54 Å². The van der Waals surface area contributed by atoms with Gasteiger partial charge < -0.3 is 15.1 Å². The van der Waals surface area contributed by atoms with Gasteiger partial charge in [-0.3, -0.25) is 0 Å². The van der Waals surface area contributed by atoms with Gasteiger partial charge >= 0.3 is 0 Å². The molecule has 1 rings (SSSR count). The van der Waals surface area contributed by atoms with Gasteiger partial charge in [-0.15, -0.1) is 0 Å². The molecule has 0 saturated carbocycles. The van der Waals surface area contributed by atoms with Gasteiger partial charge in [0.05, 0.1) is 6.07 Å².